The molecule has 186 valence electrons. The van der Waals surface area contributed by atoms with E-state index in [1.807, 2.05) is 24.3 Å². The van der Waals surface area contributed by atoms with Crippen molar-refractivity contribution >= 4 is 38.4 Å². The number of aliphatic hydroxyl groups is 1. The van der Waals surface area contributed by atoms with E-state index in [-0.39, 0.29) is 17.1 Å². The normalized spacial score (nSPS) is 22.4. The fraction of sp³-hybridized carbons (Fsp3) is 0.259. The lowest BCUT2D eigenvalue weighted by Gasteiger charge is -2.46. The molecule has 0 spiro atoms. The number of nitrogens with zero attached hydrogens (tertiary/aromatic N) is 2. The van der Waals surface area contributed by atoms with E-state index in [4.69, 9.17) is 0 Å². The van der Waals surface area contributed by atoms with Crippen LogP contribution in [0, 0.1) is 11.8 Å². The molecule has 0 aromatic heterocycles. The van der Waals surface area contributed by atoms with E-state index in [9.17, 15) is 28.2 Å². The first-order valence-corrected chi connectivity index (χ1v) is 13.1. The molecule has 0 saturated carbocycles. The minimum Gasteiger partial charge on any atom is -0.477 e. The molecule has 2 aliphatic rings. The predicted octanol–water partition coefficient (Wildman–Crippen LogP) is 3.23. The maximum absolute atomic E-state index is 14.0. The van der Waals surface area contributed by atoms with E-state index in [0.29, 0.717) is 11.3 Å². The Labute approximate surface area is 209 Å². The van der Waals surface area contributed by atoms with Gasteiger partial charge in [0.05, 0.1) is 35.2 Å². The van der Waals surface area contributed by atoms with E-state index in [0.717, 1.165) is 10.8 Å². The Morgan fingerprint density at radius 1 is 1.03 bits per heavy atom. The third-order valence-electron chi connectivity index (χ3n) is 7.19. The Balaban J connectivity index is 1.61. The standard InChI is InChI=1S/C27H26N2O6S/c1-16-22(25(27(32)33)29-24(16)23(17(2)30)26(29)31)15-28(20-10-4-3-5-11-20)36(34,35)21-13-12-18-8-6-7-9-19(18)14-21/h3-14,16-17,23-24,30H,15H2,1-2H3,(H,32,33)/t16-,17+,23+,24+/m0/s1. The maximum atomic E-state index is 14.0. The van der Waals surface area contributed by atoms with Gasteiger partial charge in [-0.2, -0.15) is 0 Å². The Morgan fingerprint density at radius 2 is 1.67 bits per heavy atom. The highest BCUT2D eigenvalue weighted by Crippen LogP contribution is 2.47. The first-order chi connectivity index (χ1) is 17.1. The van der Waals surface area contributed by atoms with Crippen molar-refractivity contribution in [1.29, 1.82) is 0 Å². The van der Waals surface area contributed by atoms with E-state index in [1.54, 1.807) is 55.5 Å². The largest absolute Gasteiger partial charge is 0.477 e. The first kappa shape index (κ1) is 24.0. The van der Waals surface area contributed by atoms with Crippen LogP contribution in [0.4, 0.5) is 5.69 Å². The van der Waals surface area contributed by atoms with Crippen molar-refractivity contribution in [3.05, 3.63) is 84.1 Å². The van der Waals surface area contributed by atoms with Crippen molar-refractivity contribution in [2.45, 2.75) is 30.9 Å². The summed E-state index contributed by atoms with van der Waals surface area (Å²) >= 11 is 0. The van der Waals surface area contributed by atoms with Gasteiger partial charge in [0.2, 0.25) is 5.91 Å². The number of benzene rings is 3. The number of fused-ring (bicyclic) bond motifs is 2. The quantitative estimate of drug-likeness (QED) is 0.476. The molecule has 1 amide bonds. The summed E-state index contributed by atoms with van der Waals surface area (Å²) in [7, 11) is -4.11. The fourth-order valence-corrected chi connectivity index (χ4v) is 6.85. The highest BCUT2D eigenvalue weighted by atomic mass is 32.2. The summed E-state index contributed by atoms with van der Waals surface area (Å²) in [5.41, 5.74) is 0.504. The number of carboxylic acids is 1. The number of carbonyl (C=O) groups is 2. The molecule has 1 fully saturated rings. The summed E-state index contributed by atoms with van der Waals surface area (Å²) in [4.78, 5) is 26.3. The summed E-state index contributed by atoms with van der Waals surface area (Å²) in [5.74, 6) is -2.94. The zero-order valence-electron chi connectivity index (χ0n) is 19.8. The molecular weight excluding hydrogens is 480 g/mol. The molecule has 5 rings (SSSR count). The molecule has 0 aliphatic carbocycles. The number of rotatable bonds is 7. The summed E-state index contributed by atoms with van der Waals surface area (Å²) in [6.45, 7) is 3.04. The van der Waals surface area contributed by atoms with Crippen molar-refractivity contribution < 1.29 is 28.2 Å². The highest BCUT2D eigenvalue weighted by molar-refractivity contribution is 7.92. The van der Waals surface area contributed by atoms with Gasteiger partial charge in [-0.1, -0.05) is 55.5 Å². The second kappa shape index (κ2) is 8.76. The number of hydrogen-bond donors (Lipinski definition) is 2. The lowest BCUT2D eigenvalue weighted by atomic mass is 9.78. The van der Waals surface area contributed by atoms with Crippen LogP contribution in [-0.4, -0.2) is 54.1 Å². The van der Waals surface area contributed by atoms with Gasteiger partial charge in [-0.15, -0.1) is 0 Å². The number of hydrogen-bond acceptors (Lipinski definition) is 5. The number of anilines is 1. The fourth-order valence-electron chi connectivity index (χ4n) is 5.37. The second-order valence-electron chi connectivity index (χ2n) is 9.29. The van der Waals surface area contributed by atoms with Gasteiger partial charge in [-0.05, 0) is 47.5 Å². The van der Waals surface area contributed by atoms with Gasteiger partial charge >= 0.3 is 5.97 Å². The molecule has 36 heavy (non-hydrogen) atoms. The van der Waals surface area contributed by atoms with Gasteiger partial charge in [0.25, 0.3) is 10.0 Å². The van der Waals surface area contributed by atoms with Crippen molar-refractivity contribution in [1.82, 2.24) is 4.90 Å². The lowest BCUT2D eigenvalue weighted by Crippen LogP contribution is -2.63. The van der Waals surface area contributed by atoms with Crippen molar-refractivity contribution in [3.63, 3.8) is 0 Å². The van der Waals surface area contributed by atoms with Crippen LogP contribution in [0.5, 0.6) is 0 Å². The summed E-state index contributed by atoms with van der Waals surface area (Å²) in [6, 6.07) is 20.3. The Morgan fingerprint density at radius 3 is 2.31 bits per heavy atom. The first-order valence-electron chi connectivity index (χ1n) is 11.7. The van der Waals surface area contributed by atoms with Gasteiger partial charge in [-0.25, -0.2) is 13.2 Å². The molecule has 2 N–H and O–H groups in total. The smallest absolute Gasteiger partial charge is 0.352 e. The number of para-hydroxylation sites is 1. The SMILES string of the molecule is C[C@@H](O)[C@H]1C(=O)N2C(C(=O)O)=C(CN(c3ccccc3)S(=O)(=O)c3ccc4ccccc4c3)[C@H](C)[C@H]12. The number of β-lactam (4-membered cyclic amide) rings is 1. The van der Waals surface area contributed by atoms with Crippen LogP contribution in [0.15, 0.2) is 89.0 Å². The van der Waals surface area contributed by atoms with Gasteiger partial charge in [0.1, 0.15) is 5.70 Å². The molecule has 2 aliphatic heterocycles. The zero-order chi connectivity index (χ0) is 25.8. The van der Waals surface area contributed by atoms with E-state index in [2.05, 4.69) is 0 Å². The topological polar surface area (TPSA) is 115 Å². The van der Waals surface area contributed by atoms with Crippen LogP contribution >= 0.6 is 0 Å². The monoisotopic (exact) mass is 506 g/mol. The number of carbonyl (C=O) groups excluding carboxylic acids is 1. The molecular formula is C27H26N2O6S. The molecule has 0 radical (unpaired) electrons. The van der Waals surface area contributed by atoms with Crippen LogP contribution < -0.4 is 4.31 Å². The van der Waals surface area contributed by atoms with E-state index < -0.39 is 45.9 Å². The lowest BCUT2D eigenvalue weighted by molar-refractivity contribution is -0.163. The van der Waals surface area contributed by atoms with Crippen molar-refractivity contribution in [2.24, 2.45) is 11.8 Å². The Kier molecular flexibility index (Phi) is 5.84. The molecule has 1 saturated heterocycles. The molecule has 3 aromatic carbocycles. The molecule has 2 heterocycles. The average Bonchev–Trinajstić information content (AvgIpc) is 3.10. The number of carboxylic acid groups (broad SMARTS) is 1. The van der Waals surface area contributed by atoms with Crippen molar-refractivity contribution in [2.75, 3.05) is 10.8 Å². The molecule has 0 bridgehead atoms. The third-order valence-corrected chi connectivity index (χ3v) is 8.95. The number of aliphatic carboxylic acids is 1. The minimum absolute atomic E-state index is 0.0781. The van der Waals surface area contributed by atoms with Crippen LogP contribution in [0.25, 0.3) is 10.8 Å². The minimum atomic E-state index is -4.11. The van der Waals surface area contributed by atoms with Gasteiger partial charge < -0.3 is 15.1 Å². The van der Waals surface area contributed by atoms with Gasteiger partial charge in [0.15, 0.2) is 0 Å². The van der Waals surface area contributed by atoms with Crippen molar-refractivity contribution in [3.8, 4) is 0 Å². The van der Waals surface area contributed by atoms with Gasteiger partial charge in [0, 0.05) is 5.92 Å². The molecule has 8 nitrogen and oxygen atoms in total. The number of sulfonamides is 1. The van der Waals surface area contributed by atoms with Crippen LogP contribution in [0.2, 0.25) is 0 Å². The molecule has 4 atom stereocenters. The predicted molar refractivity (Wildman–Crippen MR) is 135 cm³/mol. The summed E-state index contributed by atoms with van der Waals surface area (Å²) in [5, 5.41) is 21.8. The zero-order valence-corrected chi connectivity index (χ0v) is 20.6. The van der Waals surface area contributed by atoms with Crippen LogP contribution in [-0.2, 0) is 19.6 Å². The molecule has 3 aromatic rings. The van der Waals surface area contributed by atoms with E-state index >= 15 is 0 Å². The third kappa shape index (κ3) is 3.66. The Hall–Kier alpha value is -3.69. The van der Waals surface area contributed by atoms with E-state index in [1.165, 1.54) is 16.1 Å². The average molecular weight is 507 g/mol. The number of aliphatic hydroxyl groups excluding tert-OH is 1. The molecule has 9 heteroatoms. The number of amides is 1. The maximum Gasteiger partial charge on any atom is 0.352 e. The second-order valence-corrected chi connectivity index (χ2v) is 11.2. The Bertz CT molecular complexity index is 1500. The molecule has 0 unspecified atom stereocenters. The van der Waals surface area contributed by atoms with Gasteiger partial charge in [-0.3, -0.25) is 9.10 Å². The summed E-state index contributed by atoms with van der Waals surface area (Å²) in [6.07, 6.45) is -0.942. The van der Waals surface area contributed by atoms with Crippen LogP contribution in [0.1, 0.15) is 13.8 Å². The van der Waals surface area contributed by atoms with Crippen LogP contribution in [0.3, 0.4) is 0 Å². The summed E-state index contributed by atoms with van der Waals surface area (Å²) < 4.78 is 29.2. The highest BCUT2D eigenvalue weighted by Gasteiger charge is 2.60.